The van der Waals surface area contributed by atoms with Crippen molar-refractivity contribution in [3.63, 3.8) is 0 Å². The molecule has 0 heterocycles. The lowest BCUT2D eigenvalue weighted by Crippen LogP contribution is -1.92. The maximum Gasteiger partial charge on any atom is 0.0119 e. The van der Waals surface area contributed by atoms with Crippen LogP contribution in [0, 0.1) is 11.8 Å². The smallest absolute Gasteiger partial charge is 0.0119 e. The Labute approximate surface area is 89.4 Å². The van der Waals surface area contributed by atoms with Crippen molar-refractivity contribution >= 4 is 11.8 Å². The number of fused-ring (bicyclic) bond motifs is 2. The highest BCUT2D eigenvalue weighted by Crippen LogP contribution is 2.49. The summed E-state index contributed by atoms with van der Waals surface area (Å²) >= 11 is 1.98. The van der Waals surface area contributed by atoms with Crippen molar-refractivity contribution in [2.24, 2.45) is 11.8 Å². The average Bonchev–Trinajstić information content (AvgIpc) is 2.81. The summed E-state index contributed by atoms with van der Waals surface area (Å²) in [6.07, 6.45) is 6.79. The molecule has 1 aromatic rings. The number of benzene rings is 1. The molecule has 1 fully saturated rings. The van der Waals surface area contributed by atoms with Gasteiger partial charge in [0.05, 0.1) is 0 Å². The second kappa shape index (κ2) is 3.47. The van der Waals surface area contributed by atoms with Crippen LogP contribution in [-0.4, -0.2) is 0 Å². The molecule has 0 radical (unpaired) electrons. The lowest BCUT2D eigenvalue weighted by atomic mass is 10.1. The number of hydrogen-bond donors (Lipinski definition) is 0. The Hall–Kier alpha value is -0.690. The molecule has 0 aromatic heterocycles. The zero-order valence-corrected chi connectivity index (χ0v) is 8.96. The molecule has 72 valence electrons. The highest BCUT2D eigenvalue weighted by atomic mass is 32.2. The topological polar surface area (TPSA) is 0 Å². The molecule has 0 amide bonds. The van der Waals surface area contributed by atoms with Crippen molar-refractivity contribution in [3.05, 3.63) is 41.3 Å². The highest BCUT2D eigenvalue weighted by Gasteiger charge is 2.32. The van der Waals surface area contributed by atoms with Gasteiger partial charge in [0.2, 0.25) is 0 Å². The van der Waals surface area contributed by atoms with E-state index in [0.717, 1.165) is 11.8 Å². The normalized spacial score (nSPS) is 29.3. The number of rotatable bonds is 2. The SMILES string of the molecule is C1=C(Sc2ccccc2)[C@H]2CC[C@@H]1C2. The highest BCUT2D eigenvalue weighted by molar-refractivity contribution is 8.03. The van der Waals surface area contributed by atoms with E-state index in [9.17, 15) is 0 Å². The third-order valence-corrected chi connectivity index (χ3v) is 4.47. The van der Waals surface area contributed by atoms with Crippen molar-refractivity contribution < 1.29 is 0 Å². The summed E-state index contributed by atoms with van der Waals surface area (Å²) in [5, 5.41) is 0. The molecule has 0 N–H and O–H groups in total. The van der Waals surface area contributed by atoms with Crippen molar-refractivity contribution in [3.8, 4) is 0 Å². The van der Waals surface area contributed by atoms with Gasteiger partial charge in [0.25, 0.3) is 0 Å². The lowest BCUT2D eigenvalue weighted by molar-refractivity contribution is 0.686. The van der Waals surface area contributed by atoms with Gasteiger partial charge in [0.15, 0.2) is 0 Å². The molecule has 0 saturated heterocycles. The first-order valence-corrected chi connectivity index (χ1v) is 6.18. The molecule has 2 atom stereocenters. The van der Waals surface area contributed by atoms with Gasteiger partial charge >= 0.3 is 0 Å². The van der Waals surface area contributed by atoms with Gasteiger partial charge in [0.1, 0.15) is 0 Å². The van der Waals surface area contributed by atoms with Crippen LogP contribution in [0.3, 0.4) is 0 Å². The van der Waals surface area contributed by atoms with E-state index in [0.29, 0.717) is 0 Å². The summed E-state index contributed by atoms with van der Waals surface area (Å²) in [5.41, 5.74) is 0. The quantitative estimate of drug-likeness (QED) is 0.696. The predicted octanol–water partition coefficient (Wildman–Crippen LogP) is 4.09. The van der Waals surface area contributed by atoms with Gasteiger partial charge < -0.3 is 0 Å². The third kappa shape index (κ3) is 1.50. The van der Waals surface area contributed by atoms with E-state index in [1.807, 2.05) is 11.8 Å². The summed E-state index contributed by atoms with van der Waals surface area (Å²) in [6.45, 7) is 0. The molecular weight excluding hydrogens is 188 g/mol. The van der Waals surface area contributed by atoms with E-state index in [1.54, 1.807) is 4.91 Å². The van der Waals surface area contributed by atoms with Crippen molar-refractivity contribution in [1.29, 1.82) is 0 Å². The van der Waals surface area contributed by atoms with Crippen molar-refractivity contribution in [2.75, 3.05) is 0 Å². The van der Waals surface area contributed by atoms with Crippen LogP contribution in [0.15, 0.2) is 46.2 Å². The van der Waals surface area contributed by atoms with Crippen LogP contribution in [0.1, 0.15) is 19.3 Å². The first-order valence-electron chi connectivity index (χ1n) is 5.36. The Balaban J connectivity index is 1.77. The minimum atomic E-state index is 0.894. The van der Waals surface area contributed by atoms with Crippen LogP contribution in [-0.2, 0) is 0 Å². The molecule has 2 bridgehead atoms. The maximum absolute atomic E-state index is 2.51. The lowest BCUT2D eigenvalue weighted by Gasteiger charge is -2.12. The van der Waals surface area contributed by atoms with Gasteiger partial charge in [-0.3, -0.25) is 0 Å². The predicted molar refractivity (Wildman–Crippen MR) is 61.2 cm³/mol. The van der Waals surface area contributed by atoms with Gasteiger partial charge in [-0.05, 0) is 48.1 Å². The maximum atomic E-state index is 2.51. The molecule has 3 rings (SSSR count). The van der Waals surface area contributed by atoms with Crippen molar-refractivity contribution in [2.45, 2.75) is 24.2 Å². The van der Waals surface area contributed by atoms with Gasteiger partial charge in [-0.1, -0.05) is 36.0 Å². The molecule has 0 unspecified atom stereocenters. The van der Waals surface area contributed by atoms with Crippen molar-refractivity contribution in [1.82, 2.24) is 0 Å². The standard InChI is InChI=1S/C13H14S/c1-2-4-12(5-3-1)14-13-9-10-6-7-11(13)8-10/h1-5,9-11H,6-8H2/t10-,11+/m1/s1. The second-order valence-corrected chi connectivity index (χ2v) is 5.40. The average molecular weight is 202 g/mol. The Kier molecular flexibility index (Phi) is 2.13. The van der Waals surface area contributed by atoms with E-state index in [1.165, 1.54) is 24.2 Å². The zero-order chi connectivity index (χ0) is 9.38. The molecular formula is C13H14S. The van der Waals surface area contributed by atoms with Gasteiger partial charge in [0, 0.05) is 4.90 Å². The summed E-state index contributed by atoms with van der Waals surface area (Å²) in [7, 11) is 0. The first-order chi connectivity index (χ1) is 6.92. The van der Waals surface area contributed by atoms with E-state index < -0.39 is 0 Å². The van der Waals surface area contributed by atoms with E-state index >= 15 is 0 Å². The minimum absolute atomic E-state index is 0.894. The molecule has 0 aliphatic heterocycles. The molecule has 1 aromatic carbocycles. The molecule has 14 heavy (non-hydrogen) atoms. The molecule has 2 aliphatic rings. The Morgan fingerprint density at radius 3 is 2.57 bits per heavy atom. The minimum Gasteiger partial charge on any atom is -0.0946 e. The summed E-state index contributed by atoms with van der Waals surface area (Å²) in [4.78, 5) is 3.03. The molecule has 2 aliphatic carbocycles. The number of allylic oxidation sites excluding steroid dienone is 2. The second-order valence-electron chi connectivity index (χ2n) is 4.25. The van der Waals surface area contributed by atoms with E-state index in [-0.39, 0.29) is 0 Å². The first kappa shape index (κ1) is 8.60. The van der Waals surface area contributed by atoms with Gasteiger partial charge in [-0.25, -0.2) is 0 Å². The van der Waals surface area contributed by atoms with Crippen LogP contribution in [0.2, 0.25) is 0 Å². The monoisotopic (exact) mass is 202 g/mol. The van der Waals surface area contributed by atoms with Crippen LogP contribution < -0.4 is 0 Å². The fraction of sp³-hybridized carbons (Fsp3) is 0.385. The molecule has 1 heteroatoms. The largest absolute Gasteiger partial charge is 0.0946 e. The Bertz CT molecular complexity index is 353. The Morgan fingerprint density at radius 2 is 1.93 bits per heavy atom. The van der Waals surface area contributed by atoms with Crippen LogP contribution in [0.4, 0.5) is 0 Å². The fourth-order valence-corrected chi connectivity index (χ4v) is 3.74. The summed E-state index contributed by atoms with van der Waals surface area (Å²) < 4.78 is 0. The van der Waals surface area contributed by atoms with Crippen LogP contribution in [0.5, 0.6) is 0 Å². The third-order valence-electron chi connectivity index (χ3n) is 3.25. The van der Waals surface area contributed by atoms with E-state index in [4.69, 9.17) is 0 Å². The van der Waals surface area contributed by atoms with Gasteiger partial charge in [-0.2, -0.15) is 0 Å². The zero-order valence-electron chi connectivity index (χ0n) is 8.15. The fourth-order valence-electron chi connectivity index (χ4n) is 2.54. The molecule has 1 saturated carbocycles. The number of thioether (sulfide) groups is 1. The van der Waals surface area contributed by atoms with E-state index in [2.05, 4.69) is 36.4 Å². The van der Waals surface area contributed by atoms with Gasteiger partial charge in [-0.15, -0.1) is 0 Å². The molecule has 0 spiro atoms. The van der Waals surface area contributed by atoms with Crippen LogP contribution >= 0.6 is 11.8 Å². The number of hydrogen-bond acceptors (Lipinski definition) is 1. The summed E-state index contributed by atoms with van der Waals surface area (Å²) in [6, 6.07) is 10.7. The molecule has 0 nitrogen and oxygen atoms in total. The van der Waals surface area contributed by atoms with Crippen LogP contribution in [0.25, 0.3) is 0 Å². The Morgan fingerprint density at radius 1 is 1.07 bits per heavy atom. The summed E-state index contributed by atoms with van der Waals surface area (Å²) in [5.74, 6) is 1.80.